The molecule has 0 aromatic rings. The standard InChI is InChI=1S/C24H40O3/c1-6-7-8-9-10-11-12-13-16-22(26)27-20(3)18-21(25)23-19(2)15-14-17-24(23,4)5/h6,14-15,19-20,23H,1,7-13,16-18H2,2-5H3. The first-order chi connectivity index (χ1) is 12.8. The van der Waals surface area contributed by atoms with Gasteiger partial charge in [0.25, 0.3) is 0 Å². The van der Waals surface area contributed by atoms with Gasteiger partial charge in [0.05, 0.1) is 0 Å². The maximum absolute atomic E-state index is 12.8. The highest BCUT2D eigenvalue weighted by molar-refractivity contribution is 5.83. The number of ketones is 1. The van der Waals surface area contributed by atoms with Gasteiger partial charge < -0.3 is 4.74 Å². The molecule has 0 N–H and O–H groups in total. The number of ether oxygens (including phenoxy) is 1. The number of hydrogen-bond donors (Lipinski definition) is 0. The van der Waals surface area contributed by atoms with E-state index in [0.29, 0.717) is 12.8 Å². The lowest BCUT2D eigenvalue weighted by Gasteiger charge is -2.39. The first kappa shape index (κ1) is 23.7. The number of Topliss-reactive ketones (excluding diaryl/α,β-unsaturated/α-hetero) is 1. The highest BCUT2D eigenvalue weighted by Crippen LogP contribution is 2.41. The zero-order valence-electron chi connectivity index (χ0n) is 18.0. The summed E-state index contributed by atoms with van der Waals surface area (Å²) in [4.78, 5) is 24.8. The van der Waals surface area contributed by atoms with Crippen LogP contribution < -0.4 is 0 Å². The van der Waals surface area contributed by atoms with Crippen molar-refractivity contribution in [3.63, 3.8) is 0 Å². The molecule has 3 heteroatoms. The summed E-state index contributed by atoms with van der Waals surface area (Å²) in [6.45, 7) is 12.0. The molecule has 1 aliphatic carbocycles. The van der Waals surface area contributed by atoms with Crippen LogP contribution in [-0.2, 0) is 14.3 Å². The van der Waals surface area contributed by atoms with Crippen molar-refractivity contribution in [1.29, 1.82) is 0 Å². The van der Waals surface area contributed by atoms with Gasteiger partial charge in [-0.15, -0.1) is 6.58 Å². The van der Waals surface area contributed by atoms with E-state index < -0.39 is 0 Å². The van der Waals surface area contributed by atoms with E-state index in [4.69, 9.17) is 4.74 Å². The maximum Gasteiger partial charge on any atom is 0.306 e. The molecule has 0 amide bonds. The summed E-state index contributed by atoms with van der Waals surface area (Å²) in [6, 6.07) is 0. The van der Waals surface area contributed by atoms with Gasteiger partial charge in [0.1, 0.15) is 11.9 Å². The van der Waals surface area contributed by atoms with Crippen LogP contribution in [0, 0.1) is 17.3 Å². The molecule has 0 saturated heterocycles. The van der Waals surface area contributed by atoms with Crippen LogP contribution in [0.5, 0.6) is 0 Å². The van der Waals surface area contributed by atoms with Gasteiger partial charge in [-0.2, -0.15) is 0 Å². The highest BCUT2D eigenvalue weighted by atomic mass is 16.5. The predicted octanol–water partition coefficient (Wildman–Crippen LogP) is 6.42. The normalized spacial score (nSPS) is 22.2. The first-order valence-corrected chi connectivity index (χ1v) is 10.8. The average Bonchev–Trinajstić information content (AvgIpc) is 2.56. The van der Waals surface area contributed by atoms with Gasteiger partial charge in [-0.3, -0.25) is 9.59 Å². The van der Waals surface area contributed by atoms with E-state index in [0.717, 1.165) is 25.7 Å². The van der Waals surface area contributed by atoms with E-state index in [-0.39, 0.29) is 35.1 Å². The van der Waals surface area contributed by atoms with Crippen LogP contribution in [0.3, 0.4) is 0 Å². The first-order valence-electron chi connectivity index (χ1n) is 10.8. The van der Waals surface area contributed by atoms with Gasteiger partial charge in [0, 0.05) is 18.8 Å². The Hall–Kier alpha value is -1.38. The molecule has 27 heavy (non-hydrogen) atoms. The summed E-state index contributed by atoms with van der Waals surface area (Å²) in [5.74, 6) is 0.301. The van der Waals surface area contributed by atoms with Gasteiger partial charge in [0.2, 0.25) is 0 Å². The third-order valence-corrected chi connectivity index (χ3v) is 5.66. The molecular weight excluding hydrogens is 336 g/mol. The van der Waals surface area contributed by atoms with E-state index in [9.17, 15) is 9.59 Å². The van der Waals surface area contributed by atoms with Crippen molar-refractivity contribution in [1.82, 2.24) is 0 Å². The van der Waals surface area contributed by atoms with Crippen molar-refractivity contribution in [2.45, 2.75) is 98.0 Å². The molecule has 0 bridgehead atoms. The molecule has 0 fully saturated rings. The summed E-state index contributed by atoms with van der Waals surface area (Å²) < 4.78 is 5.49. The summed E-state index contributed by atoms with van der Waals surface area (Å²) in [5, 5.41) is 0. The Morgan fingerprint density at radius 1 is 1.19 bits per heavy atom. The number of allylic oxidation sites excluding steroid dienone is 3. The van der Waals surface area contributed by atoms with Gasteiger partial charge >= 0.3 is 5.97 Å². The van der Waals surface area contributed by atoms with Crippen molar-refractivity contribution < 1.29 is 14.3 Å². The Morgan fingerprint density at radius 2 is 1.81 bits per heavy atom. The van der Waals surface area contributed by atoms with Crippen molar-refractivity contribution in [2.24, 2.45) is 17.3 Å². The lowest BCUT2D eigenvalue weighted by atomic mass is 9.65. The Kier molecular flexibility index (Phi) is 10.6. The quantitative estimate of drug-likeness (QED) is 0.211. The Morgan fingerprint density at radius 3 is 2.44 bits per heavy atom. The van der Waals surface area contributed by atoms with E-state index in [1.807, 2.05) is 13.0 Å². The molecule has 0 aromatic carbocycles. The summed E-state index contributed by atoms with van der Waals surface area (Å²) in [6.07, 6.45) is 15.5. The van der Waals surface area contributed by atoms with Crippen molar-refractivity contribution in [3.8, 4) is 0 Å². The Labute approximate surface area is 166 Å². The van der Waals surface area contributed by atoms with Crippen LogP contribution in [0.4, 0.5) is 0 Å². The Bertz CT molecular complexity index is 504. The Balaban J connectivity index is 2.24. The monoisotopic (exact) mass is 376 g/mol. The second-order valence-electron chi connectivity index (χ2n) is 8.88. The van der Waals surface area contributed by atoms with Crippen LogP contribution in [0.25, 0.3) is 0 Å². The van der Waals surface area contributed by atoms with Gasteiger partial charge in [-0.1, -0.05) is 64.7 Å². The predicted molar refractivity (Wildman–Crippen MR) is 113 cm³/mol. The smallest absolute Gasteiger partial charge is 0.306 e. The molecule has 1 aliphatic rings. The number of carbonyl (C=O) groups is 2. The molecular formula is C24H40O3. The number of carbonyl (C=O) groups excluding carboxylic acids is 2. The number of rotatable bonds is 13. The van der Waals surface area contributed by atoms with Crippen molar-refractivity contribution in [2.75, 3.05) is 0 Å². The lowest BCUT2D eigenvalue weighted by molar-refractivity contribution is -0.150. The minimum atomic E-state index is -0.335. The van der Waals surface area contributed by atoms with Gasteiger partial charge in [-0.05, 0) is 43.9 Å². The molecule has 0 aliphatic heterocycles. The van der Waals surface area contributed by atoms with Gasteiger partial charge in [-0.25, -0.2) is 0 Å². The van der Waals surface area contributed by atoms with Crippen LogP contribution in [0.15, 0.2) is 24.8 Å². The van der Waals surface area contributed by atoms with Crippen LogP contribution in [0.2, 0.25) is 0 Å². The third-order valence-electron chi connectivity index (χ3n) is 5.66. The second kappa shape index (κ2) is 12.2. The van der Waals surface area contributed by atoms with E-state index >= 15 is 0 Å². The minimum absolute atomic E-state index is 0.00439. The summed E-state index contributed by atoms with van der Waals surface area (Å²) >= 11 is 0. The van der Waals surface area contributed by atoms with Crippen LogP contribution in [0.1, 0.15) is 91.9 Å². The molecule has 154 valence electrons. The number of unbranched alkanes of at least 4 members (excludes halogenated alkanes) is 6. The zero-order valence-corrected chi connectivity index (χ0v) is 18.0. The molecule has 0 aromatic heterocycles. The second-order valence-corrected chi connectivity index (χ2v) is 8.88. The number of hydrogen-bond acceptors (Lipinski definition) is 3. The van der Waals surface area contributed by atoms with E-state index in [1.165, 1.54) is 25.7 Å². The molecule has 3 unspecified atom stereocenters. The maximum atomic E-state index is 12.8. The molecule has 0 radical (unpaired) electrons. The van der Waals surface area contributed by atoms with E-state index in [2.05, 4.69) is 39.5 Å². The lowest BCUT2D eigenvalue weighted by Crippen LogP contribution is -2.38. The average molecular weight is 377 g/mol. The topological polar surface area (TPSA) is 43.4 Å². The molecule has 1 rings (SSSR count). The molecule has 3 nitrogen and oxygen atoms in total. The molecule has 0 spiro atoms. The van der Waals surface area contributed by atoms with Crippen molar-refractivity contribution in [3.05, 3.63) is 24.8 Å². The minimum Gasteiger partial charge on any atom is -0.462 e. The van der Waals surface area contributed by atoms with E-state index in [1.54, 1.807) is 0 Å². The summed E-state index contributed by atoms with van der Waals surface area (Å²) in [7, 11) is 0. The fourth-order valence-corrected chi connectivity index (χ4v) is 4.27. The fourth-order valence-electron chi connectivity index (χ4n) is 4.27. The zero-order chi connectivity index (χ0) is 20.3. The highest BCUT2D eigenvalue weighted by Gasteiger charge is 2.39. The molecule has 3 atom stereocenters. The third kappa shape index (κ3) is 8.90. The number of esters is 1. The van der Waals surface area contributed by atoms with Crippen molar-refractivity contribution >= 4 is 11.8 Å². The molecule has 0 saturated carbocycles. The largest absolute Gasteiger partial charge is 0.462 e. The van der Waals surface area contributed by atoms with Crippen LogP contribution >= 0.6 is 0 Å². The summed E-state index contributed by atoms with van der Waals surface area (Å²) in [5.41, 5.74) is -0.0271. The molecule has 0 heterocycles. The van der Waals surface area contributed by atoms with Gasteiger partial charge in [0.15, 0.2) is 0 Å². The fraction of sp³-hybridized carbons (Fsp3) is 0.750. The SMILES string of the molecule is C=CCCCCCCCCC(=O)OC(C)CC(=O)C1C(C)C=CCC1(C)C. The van der Waals surface area contributed by atoms with Crippen LogP contribution in [-0.4, -0.2) is 17.9 Å².